The molecule has 9 saturated carbocycles. The van der Waals surface area contributed by atoms with Gasteiger partial charge < -0.3 is 0 Å². The van der Waals surface area contributed by atoms with Gasteiger partial charge >= 0.3 is 0 Å². The van der Waals surface area contributed by atoms with Crippen molar-refractivity contribution in [1.82, 2.24) is 0 Å². The van der Waals surface area contributed by atoms with Crippen LogP contribution in [0.4, 0.5) is 0 Å². The Morgan fingerprint density at radius 2 is 1.47 bits per heavy atom. The highest BCUT2D eigenvalue weighted by Gasteiger charge is 2.82. The van der Waals surface area contributed by atoms with Crippen molar-refractivity contribution in [3.8, 4) is 0 Å². The van der Waals surface area contributed by atoms with Gasteiger partial charge in [-0.05, 0) is 91.3 Å². The summed E-state index contributed by atoms with van der Waals surface area (Å²) in [5.41, 5.74) is 1.92. The highest BCUT2D eigenvalue weighted by molar-refractivity contribution is 5.30. The number of rotatable bonds is 0. The molecule has 0 amide bonds. The largest absolute Gasteiger partial charge is 0.0470 e. The maximum absolute atomic E-state index is 1.71. The van der Waals surface area contributed by atoms with Gasteiger partial charge in [-0.3, -0.25) is 0 Å². The van der Waals surface area contributed by atoms with Gasteiger partial charge in [0.1, 0.15) is 0 Å². The number of hydrogen-bond donors (Lipinski definition) is 0. The lowest BCUT2D eigenvalue weighted by molar-refractivity contribution is -0.388. The molecule has 0 aromatic rings. The quantitative estimate of drug-likeness (QED) is 0.561. The van der Waals surface area contributed by atoms with Gasteiger partial charge in [0.05, 0.1) is 0 Å². The van der Waals surface area contributed by atoms with Crippen molar-refractivity contribution in [1.29, 1.82) is 0 Å². The summed E-state index contributed by atoms with van der Waals surface area (Å²) < 4.78 is 0. The van der Waals surface area contributed by atoms with E-state index in [1.807, 2.05) is 0 Å². The van der Waals surface area contributed by atoms with Crippen LogP contribution in [-0.2, 0) is 0 Å². The van der Waals surface area contributed by atoms with Crippen molar-refractivity contribution in [2.24, 2.45) is 46.3 Å². The van der Waals surface area contributed by atoms with Crippen LogP contribution in [0.1, 0.15) is 44.9 Å². The van der Waals surface area contributed by atoms with Crippen molar-refractivity contribution in [3.05, 3.63) is 0 Å². The summed E-state index contributed by atoms with van der Waals surface area (Å²) >= 11 is 0. The van der Waals surface area contributed by atoms with E-state index < -0.39 is 0 Å². The van der Waals surface area contributed by atoms with E-state index in [2.05, 4.69) is 0 Å². The van der Waals surface area contributed by atoms with E-state index in [0.29, 0.717) is 0 Å². The van der Waals surface area contributed by atoms with Gasteiger partial charge in [0, 0.05) is 0 Å². The molecule has 9 fully saturated rings. The maximum atomic E-state index is 1.71. The SMILES string of the molecule is C1C2CC34CC5(C2)C2CC(CC3C12)CC45. The third-order valence-corrected chi connectivity index (χ3v) is 8.24. The number of hydrogen-bond acceptors (Lipinski definition) is 0. The third-order valence-electron chi connectivity index (χ3n) is 8.24. The Bertz CT molecular complexity index is 338. The predicted octanol–water partition coefficient (Wildman–Crippen LogP) is 3.47. The monoisotopic (exact) mass is 200 g/mol. The van der Waals surface area contributed by atoms with Crippen LogP contribution in [0.15, 0.2) is 0 Å². The maximum Gasteiger partial charge on any atom is -0.0224 e. The van der Waals surface area contributed by atoms with Crippen molar-refractivity contribution >= 4 is 0 Å². The summed E-state index contributed by atoms with van der Waals surface area (Å²) in [5.74, 6) is 7.34. The summed E-state index contributed by atoms with van der Waals surface area (Å²) in [5, 5.41) is 0. The predicted molar refractivity (Wildman–Crippen MR) is 58.1 cm³/mol. The fraction of sp³-hybridized carbons (Fsp3) is 1.00. The molecule has 0 aliphatic heterocycles. The Balaban J connectivity index is 1.68. The first-order valence-corrected chi connectivity index (χ1v) is 7.32. The first-order valence-electron chi connectivity index (χ1n) is 7.32. The van der Waals surface area contributed by atoms with Gasteiger partial charge in [0.15, 0.2) is 0 Å². The summed E-state index contributed by atoms with van der Waals surface area (Å²) in [6, 6.07) is 0. The summed E-state index contributed by atoms with van der Waals surface area (Å²) in [6.07, 6.45) is 11.7. The van der Waals surface area contributed by atoms with Crippen LogP contribution in [-0.4, -0.2) is 0 Å². The van der Waals surface area contributed by atoms with Crippen LogP contribution in [0, 0.1) is 46.3 Å². The van der Waals surface area contributed by atoms with E-state index in [9.17, 15) is 0 Å². The highest BCUT2D eigenvalue weighted by Crippen LogP contribution is 2.89. The molecule has 4 atom stereocenters. The van der Waals surface area contributed by atoms with E-state index in [0.717, 1.165) is 10.8 Å². The lowest BCUT2D eigenvalue weighted by Gasteiger charge is -2.87. The second kappa shape index (κ2) is 1.73. The van der Waals surface area contributed by atoms with E-state index in [1.165, 1.54) is 35.5 Å². The van der Waals surface area contributed by atoms with Gasteiger partial charge in [-0.1, -0.05) is 0 Å². The molecule has 4 unspecified atom stereocenters. The van der Waals surface area contributed by atoms with Gasteiger partial charge in [0.2, 0.25) is 0 Å². The van der Waals surface area contributed by atoms with Crippen molar-refractivity contribution in [2.75, 3.05) is 0 Å². The molecule has 0 nitrogen and oxygen atoms in total. The van der Waals surface area contributed by atoms with Crippen LogP contribution >= 0.6 is 0 Å². The summed E-state index contributed by atoms with van der Waals surface area (Å²) in [7, 11) is 0. The smallest absolute Gasteiger partial charge is 0.0224 e. The molecule has 8 bridgehead atoms. The average molecular weight is 200 g/mol. The highest BCUT2D eigenvalue weighted by atomic mass is 14.9. The lowest BCUT2D eigenvalue weighted by atomic mass is 9.17. The Morgan fingerprint density at radius 3 is 2.20 bits per heavy atom. The lowest BCUT2D eigenvalue weighted by Crippen LogP contribution is -2.80. The fourth-order valence-corrected chi connectivity index (χ4v) is 8.60. The Hall–Kier alpha value is 0. The van der Waals surface area contributed by atoms with Crippen molar-refractivity contribution < 1.29 is 0 Å². The second-order valence-corrected chi connectivity index (χ2v) is 8.16. The minimum Gasteiger partial charge on any atom is -0.0470 e. The van der Waals surface area contributed by atoms with Crippen LogP contribution in [0.25, 0.3) is 0 Å². The zero-order valence-electron chi connectivity index (χ0n) is 9.41. The topological polar surface area (TPSA) is 0 Å². The molecule has 9 aliphatic carbocycles. The standard InChI is InChI=1S/C15H20/c1-9-5-14-7-15(6-9)12-3-8(4-13(14)15)2-11(14)10(1)12/h8-13H,1-7H2. The molecule has 2 spiro atoms. The van der Waals surface area contributed by atoms with E-state index in [-0.39, 0.29) is 0 Å². The first-order chi connectivity index (χ1) is 7.32. The molecule has 0 N–H and O–H groups in total. The van der Waals surface area contributed by atoms with Crippen LogP contribution in [0.2, 0.25) is 0 Å². The third kappa shape index (κ3) is 0.492. The molecule has 9 aliphatic rings. The zero-order valence-corrected chi connectivity index (χ0v) is 9.41. The zero-order chi connectivity index (χ0) is 9.41. The minimum atomic E-state index is 0.958. The molecule has 0 heterocycles. The second-order valence-electron chi connectivity index (χ2n) is 8.16. The molecule has 9 rings (SSSR count). The normalized spacial score (nSPS) is 80.0. The Labute approximate surface area is 91.8 Å². The molecular formula is C15H20. The minimum absolute atomic E-state index is 0.958. The van der Waals surface area contributed by atoms with Crippen molar-refractivity contribution in [2.45, 2.75) is 44.9 Å². The molecule has 0 heteroatoms. The summed E-state index contributed by atoms with van der Waals surface area (Å²) in [6.45, 7) is 0. The van der Waals surface area contributed by atoms with E-state index >= 15 is 0 Å². The van der Waals surface area contributed by atoms with Crippen LogP contribution < -0.4 is 0 Å². The van der Waals surface area contributed by atoms with Gasteiger partial charge in [-0.2, -0.15) is 0 Å². The van der Waals surface area contributed by atoms with Gasteiger partial charge in [-0.15, -0.1) is 0 Å². The van der Waals surface area contributed by atoms with E-state index in [1.54, 1.807) is 44.9 Å². The Kier molecular flexibility index (Phi) is 0.847. The molecule has 0 aromatic carbocycles. The molecule has 80 valence electrons. The first kappa shape index (κ1) is 7.35. The Morgan fingerprint density at radius 1 is 0.733 bits per heavy atom. The average Bonchev–Trinajstić information content (AvgIpc) is 2.23. The fourth-order valence-electron chi connectivity index (χ4n) is 8.60. The van der Waals surface area contributed by atoms with Crippen LogP contribution in [0.5, 0.6) is 0 Å². The molecule has 0 aromatic heterocycles. The van der Waals surface area contributed by atoms with E-state index in [4.69, 9.17) is 0 Å². The van der Waals surface area contributed by atoms with Crippen LogP contribution in [0.3, 0.4) is 0 Å². The van der Waals surface area contributed by atoms with Crippen molar-refractivity contribution in [3.63, 3.8) is 0 Å². The van der Waals surface area contributed by atoms with Gasteiger partial charge in [-0.25, -0.2) is 0 Å². The molecule has 0 saturated heterocycles. The molecular weight excluding hydrogens is 180 g/mol. The molecule has 0 radical (unpaired) electrons. The van der Waals surface area contributed by atoms with Gasteiger partial charge in [0.25, 0.3) is 0 Å². The summed E-state index contributed by atoms with van der Waals surface area (Å²) in [4.78, 5) is 0. The molecule has 15 heavy (non-hydrogen) atoms.